The van der Waals surface area contributed by atoms with Gasteiger partial charge < -0.3 is 14.6 Å². The van der Waals surface area contributed by atoms with Gasteiger partial charge >= 0.3 is 0 Å². The minimum atomic E-state index is -1.12. The quantitative estimate of drug-likeness (QED) is 0.477. The predicted octanol–water partition coefficient (Wildman–Crippen LogP) is 2.53. The molecule has 1 saturated heterocycles. The molecule has 1 aliphatic heterocycles. The summed E-state index contributed by atoms with van der Waals surface area (Å²) in [6.07, 6.45) is 9.49. The molecule has 4 heterocycles. The Hall–Kier alpha value is -3.79. The normalized spacial score (nSPS) is 17.7. The van der Waals surface area contributed by atoms with Crippen molar-refractivity contribution in [2.24, 2.45) is 0 Å². The van der Waals surface area contributed by atoms with E-state index in [4.69, 9.17) is 0 Å². The molecule has 1 amide bonds. The van der Waals surface area contributed by atoms with Gasteiger partial charge in [0.05, 0.1) is 35.3 Å². The highest BCUT2D eigenvalue weighted by Crippen LogP contribution is 2.34. The summed E-state index contributed by atoms with van der Waals surface area (Å²) in [6.45, 7) is 0.892. The summed E-state index contributed by atoms with van der Waals surface area (Å²) < 4.78 is 18.3. The van der Waals surface area contributed by atoms with E-state index in [9.17, 15) is 19.1 Å². The lowest BCUT2D eigenvalue weighted by Crippen LogP contribution is -2.49. The maximum absolute atomic E-state index is 13.3. The van der Waals surface area contributed by atoms with Crippen molar-refractivity contribution in [1.29, 1.82) is 0 Å². The standard InChI is InChI=1S/C25H25FN6O3/c26-18-1-3-19(4-2-18)31-10-7-21-22(31)27-16-30(24(21)34)15-25(35)8-11-29(12-9-25)23(33)17-13-28-32(14-17)20-5-6-20/h1-4,7,10,13-14,16,20,35H,5-6,8-9,11-12,15H2. The van der Waals surface area contributed by atoms with Crippen molar-refractivity contribution in [1.82, 2.24) is 28.8 Å². The summed E-state index contributed by atoms with van der Waals surface area (Å²) in [6, 6.07) is 8.05. The third kappa shape index (κ3) is 4.03. The highest BCUT2D eigenvalue weighted by atomic mass is 19.1. The number of fused-ring (bicyclic) bond motifs is 1. The van der Waals surface area contributed by atoms with Gasteiger partial charge in [0.25, 0.3) is 11.5 Å². The van der Waals surface area contributed by atoms with E-state index in [1.807, 2.05) is 4.68 Å². The van der Waals surface area contributed by atoms with Crippen molar-refractivity contribution in [3.05, 3.63) is 77.0 Å². The Bertz CT molecular complexity index is 1460. The fourth-order valence-corrected chi connectivity index (χ4v) is 4.75. The molecule has 1 saturated carbocycles. The molecule has 3 aromatic heterocycles. The average Bonchev–Trinajstić information content (AvgIpc) is 3.42. The zero-order chi connectivity index (χ0) is 24.2. The van der Waals surface area contributed by atoms with E-state index >= 15 is 0 Å². The lowest BCUT2D eigenvalue weighted by molar-refractivity contribution is -0.0299. The molecule has 0 unspecified atom stereocenters. The SMILES string of the molecule is O=C(c1cnn(C2CC2)c1)N1CCC(O)(Cn2cnc3c(ccn3-c3ccc(F)cc3)c2=O)CC1. The average molecular weight is 477 g/mol. The van der Waals surface area contributed by atoms with Crippen LogP contribution in [0.15, 0.2) is 60.0 Å². The summed E-state index contributed by atoms with van der Waals surface area (Å²) in [7, 11) is 0. The second-order valence-corrected chi connectivity index (χ2v) is 9.53. The molecule has 4 aromatic rings. The first kappa shape index (κ1) is 21.7. The van der Waals surface area contributed by atoms with E-state index in [0.29, 0.717) is 54.3 Å². The molecule has 1 aromatic carbocycles. The number of halogens is 1. The van der Waals surface area contributed by atoms with Crippen molar-refractivity contribution >= 4 is 16.9 Å². The van der Waals surface area contributed by atoms with E-state index in [-0.39, 0.29) is 23.8 Å². The van der Waals surface area contributed by atoms with Gasteiger partial charge in [0.2, 0.25) is 0 Å². The van der Waals surface area contributed by atoms with Crippen LogP contribution in [0.5, 0.6) is 0 Å². The van der Waals surface area contributed by atoms with Crippen molar-refractivity contribution < 1.29 is 14.3 Å². The number of nitrogens with zero attached hydrogens (tertiary/aromatic N) is 6. The fourth-order valence-electron chi connectivity index (χ4n) is 4.75. The number of carbonyl (C=O) groups is 1. The van der Waals surface area contributed by atoms with Crippen LogP contribution in [0.4, 0.5) is 4.39 Å². The molecule has 35 heavy (non-hydrogen) atoms. The third-order valence-electron chi connectivity index (χ3n) is 6.99. The van der Waals surface area contributed by atoms with E-state index in [2.05, 4.69) is 10.1 Å². The molecule has 2 fully saturated rings. The number of rotatable bonds is 5. The summed E-state index contributed by atoms with van der Waals surface area (Å²) in [5.74, 6) is -0.420. The monoisotopic (exact) mass is 476 g/mol. The minimum absolute atomic E-state index is 0.0821. The molecule has 1 N–H and O–H groups in total. The van der Waals surface area contributed by atoms with Crippen LogP contribution in [0.1, 0.15) is 42.1 Å². The predicted molar refractivity (Wildman–Crippen MR) is 126 cm³/mol. The number of hydrogen-bond acceptors (Lipinski definition) is 5. The van der Waals surface area contributed by atoms with Gasteiger partial charge in [-0.25, -0.2) is 9.37 Å². The first-order valence-corrected chi connectivity index (χ1v) is 11.8. The van der Waals surface area contributed by atoms with E-state index in [1.165, 1.54) is 23.0 Å². The minimum Gasteiger partial charge on any atom is -0.388 e. The largest absolute Gasteiger partial charge is 0.388 e. The van der Waals surface area contributed by atoms with Gasteiger partial charge in [-0.05, 0) is 56.0 Å². The third-order valence-corrected chi connectivity index (χ3v) is 6.99. The van der Waals surface area contributed by atoms with Gasteiger partial charge in [0, 0.05) is 31.2 Å². The van der Waals surface area contributed by atoms with Crippen molar-refractivity contribution in [2.45, 2.75) is 43.9 Å². The molecule has 9 nitrogen and oxygen atoms in total. The lowest BCUT2D eigenvalue weighted by Gasteiger charge is -2.38. The van der Waals surface area contributed by atoms with Gasteiger partial charge in [-0.3, -0.25) is 18.8 Å². The number of benzene rings is 1. The summed E-state index contributed by atoms with van der Waals surface area (Å²) in [4.78, 5) is 32.2. The number of piperidine rings is 1. The maximum atomic E-state index is 13.3. The number of likely N-dealkylation sites (tertiary alicyclic amines) is 1. The van der Waals surface area contributed by atoms with Crippen LogP contribution in [0, 0.1) is 5.82 Å². The van der Waals surface area contributed by atoms with Gasteiger partial charge in [-0.2, -0.15) is 5.10 Å². The summed E-state index contributed by atoms with van der Waals surface area (Å²) in [5, 5.41) is 15.9. The molecular formula is C25H25FN6O3. The van der Waals surface area contributed by atoms with Gasteiger partial charge in [0.1, 0.15) is 12.1 Å². The Balaban J connectivity index is 1.16. The molecule has 0 radical (unpaired) electrons. The van der Waals surface area contributed by atoms with Crippen LogP contribution in [0.3, 0.4) is 0 Å². The highest BCUT2D eigenvalue weighted by molar-refractivity contribution is 5.93. The maximum Gasteiger partial charge on any atom is 0.262 e. The Morgan fingerprint density at radius 2 is 1.89 bits per heavy atom. The van der Waals surface area contributed by atoms with Crippen LogP contribution in [-0.4, -0.2) is 58.5 Å². The van der Waals surface area contributed by atoms with Crippen molar-refractivity contribution in [3.63, 3.8) is 0 Å². The van der Waals surface area contributed by atoms with Gasteiger partial charge in [-0.1, -0.05) is 0 Å². The zero-order valence-corrected chi connectivity index (χ0v) is 19.0. The first-order valence-electron chi connectivity index (χ1n) is 11.8. The number of aromatic nitrogens is 5. The van der Waals surface area contributed by atoms with E-state index < -0.39 is 5.60 Å². The second kappa shape index (κ2) is 8.16. The van der Waals surface area contributed by atoms with Crippen LogP contribution < -0.4 is 5.56 Å². The molecule has 6 rings (SSSR count). The van der Waals surface area contributed by atoms with Gasteiger partial charge in [-0.15, -0.1) is 0 Å². The zero-order valence-electron chi connectivity index (χ0n) is 19.0. The van der Waals surface area contributed by atoms with Crippen LogP contribution >= 0.6 is 0 Å². The molecule has 2 aliphatic rings. The highest BCUT2D eigenvalue weighted by Gasteiger charge is 2.35. The summed E-state index contributed by atoms with van der Waals surface area (Å²) in [5.41, 5.74) is 0.365. The van der Waals surface area contributed by atoms with Gasteiger partial charge in [0.15, 0.2) is 5.65 Å². The van der Waals surface area contributed by atoms with Crippen molar-refractivity contribution in [2.75, 3.05) is 13.1 Å². The number of aliphatic hydroxyl groups is 1. The number of carbonyl (C=O) groups excluding carboxylic acids is 1. The van der Waals surface area contributed by atoms with Crippen LogP contribution in [0.25, 0.3) is 16.7 Å². The Morgan fingerprint density at radius 1 is 1.14 bits per heavy atom. The topological polar surface area (TPSA) is 98.2 Å². The fraction of sp³-hybridized carbons (Fsp3) is 0.360. The molecule has 180 valence electrons. The van der Waals surface area contributed by atoms with Crippen LogP contribution in [-0.2, 0) is 6.54 Å². The van der Waals surface area contributed by atoms with E-state index in [1.54, 1.807) is 46.3 Å². The van der Waals surface area contributed by atoms with Crippen molar-refractivity contribution in [3.8, 4) is 5.69 Å². The Morgan fingerprint density at radius 3 is 2.60 bits per heavy atom. The first-order chi connectivity index (χ1) is 16.9. The van der Waals surface area contributed by atoms with Crippen LogP contribution in [0.2, 0.25) is 0 Å². The smallest absolute Gasteiger partial charge is 0.262 e. The molecule has 0 atom stereocenters. The van der Waals surface area contributed by atoms with E-state index in [0.717, 1.165) is 12.8 Å². The number of amides is 1. The Kier molecular flexibility index (Phi) is 5.06. The number of hydrogen-bond donors (Lipinski definition) is 1. The Labute approximate surface area is 200 Å². The molecule has 0 bridgehead atoms. The lowest BCUT2D eigenvalue weighted by atomic mass is 9.91. The second-order valence-electron chi connectivity index (χ2n) is 9.53. The summed E-state index contributed by atoms with van der Waals surface area (Å²) >= 11 is 0. The molecule has 10 heteroatoms. The molecular weight excluding hydrogens is 451 g/mol. The molecule has 1 aliphatic carbocycles. The molecule has 0 spiro atoms.